The molecule has 2 atom stereocenters. The van der Waals surface area contributed by atoms with Crippen LogP contribution in [0.4, 0.5) is 13.2 Å². The van der Waals surface area contributed by atoms with Crippen molar-refractivity contribution in [2.24, 2.45) is 17.6 Å². The standard InChI is InChI=1S/C9H15F3N2O2/c1-16-5-6-3-14(8(15)2-13)4-7(6)9(10,11)12/h6-7H,2-5,13H2,1H3/t6-,7-/m1/s1. The third-order valence-corrected chi connectivity index (χ3v) is 2.77. The zero-order chi connectivity index (χ0) is 12.3. The highest BCUT2D eigenvalue weighted by molar-refractivity contribution is 5.78. The first-order chi connectivity index (χ1) is 7.40. The van der Waals surface area contributed by atoms with E-state index in [4.69, 9.17) is 10.5 Å². The molecule has 1 aliphatic rings. The number of hydrogen-bond acceptors (Lipinski definition) is 3. The number of nitrogens with zero attached hydrogens (tertiary/aromatic N) is 1. The first kappa shape index (κ1) is 13.2. The monoisotopic (exact) mass is 240 g/mol. The third-order valence-electron chi connectivity index (χ3n) is 2.77. The summed E-state index contributed by atoms with van der Waals surface area (Å²) in [6.45, 7) is -0.510. The summed E-state index contributed by atoms with van der Waals surface area (Å²) in [6.07, 6.45) is -4.30. The lowest BCUT2D eigenvalue weighted by atomic mass is 9.96. The molecule has 1 fully saturated rings. The molecule has 0 saturated carbocycles. The van der Waals surface area contributed by atoms with Crippen molar-refractivity contribution < 1.29 is 22.7 Å². The first-order valence-electron chi connectivity index (χ1n) is 4.93. The number of rotatable bonds is 3. The Morgan fingerprint density at radius 1 is 1.50 bits per heavy atom. The molecule has 0 unspecified atom stereocenters. The van der Waals surface area contributed by atoms with Crippen molar-refractivity contribution in [3.63, 3.8) is 0 Å². The maximum Gasteiger partial charge on any atom is 0.393 e. The fourth-order valence-electron chi connectivity index (χ4n) is 1.96. The minimum atomic E-state index is -4.30. The maximum atomic E-state index is 12.7. The molecule has 0 bridgehead atoms. The molecule has 1 aliphatic heterocycles. The van der Waals surface area contributed by atoms with Crippen LogP contribution in [0.3, 0.4) is 0 Å². The predicted molar refractivity (Wildman–Crippen MR) is 50.5 cm³/mol. The van der Waals surface area contributed by atoms with Crippen LogP contribution in [0.2, 0.25) is 0 Å². The molecule has 4 nitrogen and oxygen atoms in total. The Morgan fingerprint density at radius 2 is 2.12 bits per heavy atom. The molecular weight excluding hydrogens is 225 g/mol. The summed E-state index contributed by atoms with van der Waals surface area (Å²) in [5, 5.41) is 0. The van der Waals surface area contributed by atoms with Crippen LogP contribution in [0.15, 0.2) is 0 Å². The van der Waals surface area contributed by atoms with Crippen LogP contribution in [-0.2, 0) is 9.53 Å². The Balaban J connectivity index is 2.72. The number of alkyl halides is 3. The van der Waals surface area contributed by atoms with E-state index >= 15 is 0 Å². The van der Waals surface area contributed by atoms with E-state index < -0.39 is 23.9 Å². The molecule has 0 aromatic rings. The molecule has 0 radical (unpaired) electrons. The van der Waals surface area contributed by atoms with Gasteiger partial charge in [-0.2, -0.15) is 13.2 Å². The van der Waals surface area contributed by atoms with Crippen LogP contribution in [0.25, 0.3) is 0 Å². The summed E-state index contributed by atoms with van der Waals surface area (Å²) in [4.78, 5) is 12.4. The molecule has 94 valence electrons. The molecule has 1 saturated heterocycles. The van der Waals surface area contributed by atoms with Crippen molar-refractivity contribution in [3.8, 4) is 0 Å². The van der Waals surface area contributed by atoms with E-state index in [1.54, 1.807) is 0 Å². The summed E-state index contributed by atoms with van der Waals surface area (Å²) in [6, 6.07) is 0. The highest BCUT2D eigenvalue weighted by atomic mass is 19.4. The maximum absolute atomic E-state index is 12.7. The first-order valence-corrected chi connectivity index (χ1v) is 4.93. The molecule has 0 spiro atoms. The summed E-state index contributed by atoms with van der Waals surface area (Å²) in [5.41, 5.74) is 5.12. The number of nitrogens with two attached hydrogens (primary N) is 1. The van der Waals surface area contributed by atoms with E-state index in [-0.39, 0.29) is 26.2 Å². The van der Waals surface area contributed by atoms with Crippen LogP contribution < -0.4 is 5.73 Å². The fraction of sp³-hybridized carbons (Fsp3) is 0.889. The molecule has 1 amide bonds. The molecule has 1 rings (SSSR count). The number of likely N-dealkylation sites (tertiary alicyclic amines) is 1. The van der Waals surface area contributed by atoms with Crippen LogP contribution in [-0.4, -0.2) is 50.3 Å². The number of ether oxygens (including phenoxy) is 1. The highest BCUT2D eigenvalue weighted by Gasteiger charge is 2.50. The van der Waals surface area contributed by atoms with Crippen molar-refractivity contribution in [2.45, 2.75) is 6.18 Å². The van der Waals surface area contributed by atoms with E-state index in [1.165, 1.54) is 7.11 Å². The van der Waals surface area contributed by atoms with Crippen molar-refractivity contribution in [1.82, 2.24) is 4.90 Å². The summed E-state index contributed by atoms with van der Waals surface area (Å²) in [5.74, 6) is -2.66. The lowest BCUT2D eigenvalue weighted by molar-refractivity contribution is -0.183. The average molecular weight is 240 g/mol. The molecule has 0 aromatic heterocycles. The number of halogens is 3. The van der Waals surface area contributed by atoms with Crippen LogP contribution in [0.5, 0.6) is 0 Å². The van der Waals surface area contributed by atoms with Gasteiger partial charge < -0.3 is 15.4 Å². The van der Waals surface area contributed by atoms with Gasteiger partial charge in [-0.1, -0.05) is 0 Å². The zero-order valence-electron chi connectivity index (χ0n) is 8.96. The van der Waals surface area contributed by atoms with E-state index in [1.807, 2.05) is 0 Å². The van der Waals surface area contributed by atoms with Gasteiger partial charge in [0.1, 0.15) is 0 Å². The molecule has 0 aliphatic carbocycles. The van der Waals surface area contributed by atoms with E-state index in [9.17, 15) is 18.0 Å². The molecule has 7 heteroatoms. The highest BCUT2D eigenvalue weighted by Crippen LogP contribution is 2.37. The summed E-state index contributed by atoms with van der Waals surface area (Å²) >= 11 is 0. The number of methoxy groups -OCH3 is 1. The Kier molecular flexibility index (Phi) is 4.15. The molecule has 1 heterocycles. The average Bonchev–Trinajstić information content (AvgIpc) is 2.61. The van der Waals surface area contributed by atoms with Gasteiger partial charge in [0.05, 0.1) is 19.1 Å². The zero-order valence-corrected chi connectivity index (χ0v) is 8.96. The van der Waals surface area contributed by atoms with Gasteiger partial charge in [0.2, 0.25) is 5.91 Å². The molecule has 2 N–H and O–H groups in total. The van der Waals surface area contributed by atoms with Gasteiger partial charge in [-0.05, 0) is 0 Å². The van der Waals surface area contributed by atoms with Gasteiger partial charge in [0.25, 0.3) is 0 Å². The third kappa shape index (κ3) is 2.85. The van der Waals surface area contributed by atoms with E-state index in [0.717, 1.165) is 4.90 Å². The second-order valence-electron chi connectivity index (χ2n) is 3.87. The Morgan fingerprint density at radius 3 is 2.56 bits per heavy atom. The smallest absolute Gasteiger partial charge is 0.384 e. The molecule has 16 heavy (non-hydrogen) atoms. The fourth-order valence-corrected chi connectivity index (χ4v) is 1.96. The Bertz CT molecular complexity index is 258. The number of hydrogen-bond donors (Lipinski definition) is 1. The quantitative estimate of drug-likeness (QED) is 0.768. The van der Waals surface area contributed by atoms with Crippen molar-refractivity contribution in [3.05, 3.63) is 0 Å². The van der Waals surface area contributed by atoms with Crippen molar-refractivity contribution in [2.75, 3.05) is 33.4 Å². The lowest BCUT2D eigenvalue weighted by Crippen LogP contribution is -2.35. The van der Waals surface area contributed by atoms with Crippen molar-refractivity contribution in [1.29, 1.82) is 0 Å². The largest absolute Gasteiger partial charge is 0.393 e. The van der Waals surface area contributed by atoms with Gasteiger partial charge in [-0.25, -0.2) is 0 Å². The van der Waals surface area contributed by atoms with Crippen LogP contribution in [0.1, 0.15) is 0 Å². The number of carbonyl (C=O) groups excluding carboxylic acids is 1. The predicted octanol–water partition coefficient (Wildman–Crippen LogP) is 0.228. The molecular formula is C9H15F3N2O2. The normalized spacial score (nSPS) is 26.2. The van der Waals surface area contributed by atoms with E-state index in [0.29, 0.717) is 0 Å². The van der Waals surface area contributed by atoms with E-state index in [2.05, 4.69) is 0 Å². The summed E-state index contributed by atoms with van der Waals surface area (Å²) in [7, 11) is 1.35. The van der Waals surface area contributed by atoms with Gasteiger partial charge >= 0.3 is 6.18 Å². The second kappa shape index (κ2) is 5.01. The molecule has 0 aromatic carbocycles. The minimum absolute atomic E-state index is 0.00146. The number of amides is 1. The van der Waals surface area contributed by atoms with Crippen LogP contribution in [0, 0.1) is 11.8 Å². The second-order valence-corrected chi connectivity index (χ2v) is 3.87. The topological polar surface area (TPSA) is 55.6 Å². The van der Waals surface area contributed by atoms with Crippen LogP contribution >= 0.6 is 0 Å². The van der Waals surface area contributed by atoms with Gasteiger partial charge in [-0.15, -0.1) is 0 Å². The lowest BCUT2D eigenvalue weighted by Gasteiger charge is -2.19. The SMILES string of the molecule is COC[C@H]1CN(C(=O)CN)C[C@H]1C(F)(F)F. The van der Waals surface area contributed by atoms with Crippen molar-refractivity contribution >= 4 is 5.91 Å². The van der Waals surface area contributed by atoms with Gasteiger partial charge in [-0.3, -0.25) is 4.79 Å². The Labute approximate surface area is 91.5 Å². The minimum Gasteiger partial charge on any atom is -0.384 e. The van der Waals surface area contributed by atoms with Gasteiger partial charge in [0, 0.05) is 26.1 Å². The van der Waals surface area contributed by atoms with Gasteiger partial charge in [0.15, 0.2) is 0 Å². The Hall–Kier alpha value is -0.820. The number of carbonyl (C=O) groups is 1. The summed E-state index contributed by atoms with van der Waals surface area (Å²) < 4.78 is 42.7.